The Morgan fingerprint density at radius 1 is 1.60 bits per heavy atom. The van der Waals surface area contributed by atoms with Gasteiger partial charge in [-0.2, -0.15) is 4.98 Å². The molecule has 0 spiro atoms. The van der Waals surface area contributed by atoms with E-state index in [0.29, 0.717) is 11.7 Å². The number of aromatic nitrogens is 3. The third-order valence-corrected chi connectivity index (χ3v) is 1.61. The van der Waals surface area contributed by atoms with E-state index in [2.05, 4.69) is 15.1 Å². The van der Waals surface area contributed by atoms with Gasteiger partial charge in [0.15, 0.2) is 11.7 Å². The Morgan fingerprint density at radius 3 is 3.00 bits per heavy atom. The van der Waals surface area contributed by atoms with Crippen molar-refractivity contribution in [3.8, 4) is 11.7 Å². The van der Waals surface area contributed by atoms with Crippen LogP contribution in [0.15, 0.2) is 15.1 Å². The molecule has 0 aliphatic heterocycles. The van der Waals surface area contributed by atoms with E-state index in [0.717, 1.165) is 0 Å². The first-order valence-corrected chi connectivity index (χ1v) is 4.12. The fraction of sp³-hybridized carbons (Fsp3) is 0.250. The quantitative estimate of drug-likeness (QED) is 0.791. The first kappa shape index (κ1) is 9.38. The molecule has 0 saturated heterocycles. The molecule has 7 nitrogen and oxygen atoms in total. The molecule has 0 bridgehead atoms. The molecule has 7 heteroatoms. The van der Waals surface area contributed by atoms with Crippen LogP contribution < -0.4 is 0 Å². The van der Waals surface area contributed by atoms with E-state index in [9.17, 15) is 4.79 Å². The summed E-state index contributed by atoms with van der Waals surface area (Å²) in [5.41, 5.74) is 0. The van der Waals surface area contributed by atoms with E-state index in [1.54, 1.807) is 6.92 Å². The SMILES string of the molecule is Cc1ncc(-c2nc(CC(=O)O)no2)o1. The van der Waals surface area contributed by atoms with Crippen LogP contribution in [0.1, 0.15) is 11.7 Å². The summed E-state index contributed by atoms with van der Waals surface area (Å²) >= 11 is 0. The fourth-order valence-corrected chi connectivity index (χ4v) is 1.02. The maximum Gasteiger partial charge on any atom is 0.311 e. The Bertz CT molecular complexity index is 488. The van der Waals surface area contributed by atoms with Crippen molar-refractivity contribution >= 4 is 5.97 Å². The Kier molecular flexibility index (Phi) is 2.20. The lowest BCUT2D eigenvalue weighted by atomic mass is 10.4. The molecule has 1 N–H and O–H groups in total. The van der Waals surface area contributed by atoms with Gasteiger partial charge in [0.25, 0.3) is 5.89 Å². The predicted molar refractivity (Wildman–Crippen MR) is 45.9 cm³/mol. The minimum absolute atomic E-state index is 0.103. The van der Waals surface area contributed by atoms with Gasteiger partial charge >= 0.3 is 5.97 Å². The lowest BCUT2D eigenvalue weighted by Gasteiger charge is -1.83. The summed E-state index contributed by atoms with van der Waals surface area (Å²) in [5, 5.41) is 12.0. The highest BCUT2D eigenvalue weighted by Gasteiger charge is 2.14. The van der Waals surface area contributed by atoms with Crippen LogP contribution >= 0.6 is 0 Å². The fourth-order valence-electron chi connectivity index (χ4n) is 1.02. The van der Waals surface area contributed by atoms with Gasteiger partial charge in [0.2, 0.25) is 5.76 Å². The maximum absolute atomic E-state index is 10.4. The molecular weight excluding hydrogens is 202 g/mol. The number of hydrogen-bond donors (Lipinski definition) is 1. The molecule has 0 radical (unpaired) electrons. The molecule has 0 amide bonds. The molecule has 2 aromatic heterocycles. The summed E-state index contributed by atoms with van der Waals surface area (Å²) in [4.78, 5) is 18.1. The highest BCUT2D eigenvalue weighted by molar-refractivity contribution is 5.69. The van der Waals surface area contributed by atoms with Crippen LogP contribution in [0.3, 0.4) is 0 Å². The number of carboxylic acids is 1. The van der Waals surface area contributed by atoms with Crippen molar-refractivity contribution in [2.45, 2.75) is 13.3 Å². The average Bonchev–Trinajstić information content (AvgIpc) is 2.72. The number of carboxylic acid groups (broad SMARTS) is 1. The van der Waals surface area contributed by atoms with Gasteiger partial charge in [0.1, 0.15) is 6.42 Å². The van der Waals surface area contributed by atoms with Crippen molar-refractivity contribution in [2.24, 2.45) is 0 Å². The number of hydrogen-bond acceptors (Lipinski definition) is 6. The van der Waals surface area contributed by atoms with E-state index in [1.165, 1.54) is 6.20 Å². The molecule has 0 saturated carbocycles. The van der Waals surface area contributed by atoms with E-state index in [-0.39, 0.29) is 18.1 Å². The molecule has 2 rings (SSSR count). The summed E-state index contributed by atoms with van der Waals surface area (Å²) < 4.78 is 9.94. The summed E-state index contributed by atoms with van der Waals surface area (Å²) in [7, 11) is 0. The Labute approximate surface area is 83.7 Å². The normalized spacial score (nSPS) is 10.5. The van der Waals surface area contributed by atoms with Crippen molar-refractivity contribution < 1.29 is 18.8 Å². The van der Waals surface area contributed by atoms with E-state index in [4.69, 9.17) is 14.0 Å². The van der Waals surface area contributed by atoms with Gasteiger partial charge < -0.3 is 14.0 Å². The van der Waals surface area contributed by atoms with Gasteiger partial charge in [0.05, 0.1) is 6.20 Å². The van der Waals surface area contributed by atoms with E-state index >= 15 is 0 Å². The Morgan fingerprint density at radius 2 is 2.40 bits per heavy atom. The third-order valence-electron chi connectivity index (χ3n) is 1.61. The van der Waals surface area contributed by atoms with Crippen LogP contribution in [-0.4, -0.2) is 26.2 Å². The summed E-state index contributed by atoms with van der Waals surface area (Å²) in [5.74, 6) is 0.0223. The summed E-state index contributed by atoms with van der Waals surface area (Å²) in [6, 6.07) is 0. The molecule has 15 heavy (non-hydrogen) atoms. The number of aryl methyl sites for hydroxylation is 1. The highest BCUT2D eigenvalue weighted by atomic mass is 16.5. The number of oxazole rings is 1. The Hall–Kier alpha value is -2.18. The predicted octanol–water partition coefficient (Wildman–Crippen LogP) is 0.660. The molecular formula is C8H7N3O4. The first-order valence-electron chi connectivity index (χ1n) is 4.12. The van der Waals surface area contributed by atoms with Crippen LogP contribution in [0, 0.1) is 6.92 Å². The Balaban J connectivity index is 2.23. The van der Waals surface area contributed by atoms with Crippen LogP contribution in [0.5, 0.6) is 0 Å². The molecule has 2 aromatic rings. The van der Waals surface area contributed by atoms with Crippen LogP contribution in [0.2, 0.25) is 0 Å². The number of carbonyl (C=O) groups is 1. The van der Waals surface area contributed by atoms with Crippen molar-refractivity contribution in [3.63, 3.8) is 0 Å². The number of nitrogens with zero attached hydrogens (tertiary/aromatic N) is 3. The van der Waals surface area contributed by atoms with Gasteiger partial charge in [-0.15, -0.1) is 0 Å². The monoisotopic (exact) mass is 209 g/mol. The van der Waals surface area contributed by atoms with Gasteiger partial charge in [-0.1, -0.05) is 5.16 Å². The van der Waals surface area contributed by atoms with Gasteiger partial charge in [-0.25, -0.2) is 4.98 Å². The molecule has 0 unspecified atom stereocenters. The topological polar surface area (TPSA) is 102 Å². The minimum atomic E-state index is -1.02. The maximum atomic E-state index is 10.4. The molecule has 2 heterocycles. The van der Waals surface area contributed by atoms with E-state index in [1.807, 2.05) is 0 Å². The summed E-state index contributed by atoms with van der Waals surface area (Å²) in [6.45, 7) is 1.68. The average molecular weight is 209 g/mol. The van der Waals surface area contributed by atoms with Crippen LogP contribution in [-0.2, 0) is 11.2 Å². The summed E-state index contributed by atoms with van der Waals surface area (Å²) in [6.07, 6.45) is 1.16. The van der Waals surface area contributed by atoms with Crippen molar-refractivity contribution in [1.82, 2.24) is 15.1 Å². The lowest BCUT2D eigenvalue weighted by Crippen LogP contribution is -2.01. The third kappa shape index (κ3) is 2.01. The zero-order valence-electron chi connectivity index (χ0n) is 7.80. The van der Waals surface area contributed by atoms with Gasteiger partial charge in [-0.05, 0) is 0 Å². The second-order valence-electron chi connectivity index (χ2n) is 2.83. The number of aliphatic carboxylic acids is 1. The zero-order valence-corrected chi connectivity index (χ0v) is 7.80. The van der Waals surface area contributed by atoms with Crippen LogP contribution in [0.25, 0.3) is 11.7 Å². The van der Waals surface area contributed by atoms with Crippen LogP contribution in [0.4, 0.5) is 0 Å². The minimum Gasteiger partial charge on any atom is -0.481 e. The highest BCUT2D eigenvalue weighted by Crippen LogP contribution is 2.17. The second kappa shape index (κ2) is 3.52. The zero-order chi connectivity index (χ0) is 10.8. The molecule has 78 valence electrons. The smallest absolute Gasteiger partial charge is 0.311 e. The molecule has 0 aliphatic carbocycles. The van der Waals surface area contributed by atoms with Crippen molar-refractivity contribution in [1.29, 1.82) is 0 Å². The van der Waals surface area contributed by atoms with Crippen molar-refractivity contribution in [2.75, 3.05) is 0 Å². The largest absolute Gasteiger partial charge is 0.481 e. The molecule has 0 fully saturated rings. The number of rotatable bonds is 3. The van der Waals surface area contributed by atoms with Crippen molar-refractivity contribution in [3.05, 3.63) is 17.9 Å². The molecule has 0 aliphatic rings. The van der Waals surface area contributed by atoms with Gasteiger partial charge in [0, 0.05) is 6.92 Å². The standard InChI is InChI=1S/C8H7N3O4/c1-4-9-3-5(14-4)8-10-6(11-15-8)2-7(12)13/h3H,2H2,1H3,(H,12,13). The first-order chi connectivity index (χ1) is 7.15. The van der Waals surface area contributed by atoms with E-state index < -0.39 is 5.97 Å². The van der Waals surface area contributed by atoms with Gasteiger partial charge in [-0.3, -0.25) is 4.79 Å². The lowest BCUT2D eigenvalue weighted by molar-refractivity contribution is -0.136. The second-order valence-corrected chi connectivity index (χ2v) is 2.83. The molecule has 0 aromatic carbocycles. The molecule has 0 atom stereocenters.